The van der Waals surface area contributed by atoms with Crippen LogP contribution in [0.5, 0.6) is 0 Å². The van der Waals surface area contributed by atoms with Crippen LogP contribution in [-0.2, 0) is 6.42 Å². The van der Waals surface area contributed by atoms with Crippen molar-refractivity contribution in [3.8, 4) is 0 Å². The Labute approximate surface area is 108 Å². The van der Waals surface area contributed by atoms with E-state index in [9.17, 15) is 4.79 Å². The number of carbonyl (C=O) groups is 1. The van der Waals surface area contributed by atoms with Crippen molar-refractivity contribution in [1.82, 2.24) is 0 Å². The van der Waals surface area contributed by atoms with Crippen molar-refractivity contribution in [2.24, 2.45) is 0 Å². The van der Waals surface area contributed by atoms with Gasteiger partial charge in [0.25, 0.3) is 0 Å². The minimum Gasteiger partial charge on any atom is -0.378 e. The number of anilines is 1. The molecule has 0 saturated carbocycles. The highest BCUT2D eigenvalue weighted by Crippen LogP contribution is 2.10. The Balaban J connectivity index is 1.93. The maximum Gasteiger partial charge on any atom is 0.181 e. The van der Waals surface area contributed by atoms with Gasteiger partial charge in [0, 0.05) is 11.3 Å². The van der Waals surface area contributed by atoms with Crippen LogP contribution in [0.1, 0.15) is 22.8 Å². The van der Waals surface area contributed by atoms with E-state index >= 15 is 0 Å². The average molecular weight is 239 g/mol. The standard InChI is InChI=1S/C16H17NO/c1-2-13-8-10-15(11-9-13)17-12-16(18)14-6-4-3-5-7-14/h3-11,17H,2,12H2,1H3. The molecule has 2 rings (SSSR count). The quantitative estimate of drug-likeness (QED) is 0.808. The van der Waals surface area contributed by atoms with Crippen LogP contribution in [-0.4, -0.2) is 12.3 Å². The van der Waals surface area contributed by atoms with E-state index in [1.54, 1.807) is 0 Å². The van der Waals surface area contributed by atoms with Crippen LogP contribution in [0.2, 0.25) is 0 Å². The van der Waals surface area contributed by atoms with Crippen LogP contribution in [0.3, 0.4) is 0 Å². The molecule has 0 spiro atoms. The van der Waals surface area contributed by atoms with E-state index in [0.717, 1.165) is 17.7 Å². The molecule has 0 atom stereocenters. The van der Waals surface area contributed by atoms with Gasteiger partial charge in [-0.25, -0.2) is 0 Å². The number of carbonyl (C=O) groups excluding carboxylic acids is 1. The van der Waals surface area contributed by atoms with Crippen LogP contribution >= 0.6 is 0 Å². The molecular formula is C16H17NO. The van der Waals surface area contributed by atoms with Gasteiger partial charge in [-0.15, -0.1) is 0 Å². The van der Waals surface area contributed by atoms with Crippen LogP contribution < -0.4 is 5.32 Å². The average Bonchev–Trinajstić information content (AvgIpc) is 2.46. The monoisotopic (exact) mass is 239 g/mol. The molecule has 0 heterocycles. The van der Waals surface area contributed by atoms with Gasteiger partial charge < -0.3 is 5.32 Å². The second-order valence-corrected chi connectivity index (χ2v) is 4.19. The third-order valence-electron chi connectivity index (χ3n) is 2.91. The molecule has 2 aromatic carbocycles. The summed E-state index contributed by atoms with van der Waals surface area (Å²) in [5.74, 6) is 0.107. The Hall–Kier alpha value is -2.09. The number of aryl methyl sites for hydroxylation is 1. The molecule has 1 N–H and O–H groups in total. The highest BCUT2D eigenvalue weighted by atomic mass is 16.1. The summed E-state index contributed by atoms with van der Waals surface area (Å²) in [7, 11) is 0. The van der Waals surface area contributed by atoms with Crippen molar-refractivity contribution < 1.29 is 4.79 Å². The summed E-state index contributed by atoms with van der Waals surface area (Å²) in [5.41, 5.74) is 3.03. The van der Waals surface area contributed by atoms with E-state index in [-0.39, 0.29) is 5.78 Å². The van der Waals surface area contributed by atoms with Gasteiger partial charge in [0.1, 0.15) is 0 Å². The Morgan fingerprint density at radius 1 is 1.00 bits per heavy atom. The second-order valence-electron chi connectivity index (χ2n) is 4.19. The third-order valence-corrected chi connectivity index (χ3v) is 2.91. The number of nitrogens with one attached hydrogen (secondary N) is 1. The molecule has 92 valence electrons. The zero-order valence-electron chi connectivity index (χ0n) is 10.5. The first-order chi connectivity index (χ1) is 8.79. The number of benzene rings is 2. The largest absolute Gasteiger partial charge is 0.378 e. The van der Waals surface area contributed by atoms with Gasteiger partial charge in [0.2, 0.25) is 0 Å². The molecule has 0 saturated heterocycles. The van der Waals surface area contributed by atoms with Crippen molar-refractivity contribution in [3.63, 3.8) is 0 Å². The lowest BCUT2D eigenvalue weighted by molar-refractivity contribution is 0.101. The lowest BCUT2D eigenvalue weighted by atomic mass is 10.1. The summed E-state index contributed by atoms with van der Waals surface area (Å²) < 4.78 is 0. The van der Waals surface area contributed by atoms with Gasteiger partial charge in [0.05, 0.1) is 6.54 Å². The predicted octanol–water partition coefficient (Wildman–Crippen LogP) is 3.54. The summed E-state index contributed by atoms with van der Waals surface area (Å²) >= 11 is 0. The fraction of sp³-hybridized carbons (Fsp3) is 0.188. The Morgan fingerprint density at radius 2 is 1.67 bits per heavy atom. The molecule has 2 aromatic rings. The van der Waals surface area contributed by atoms with E-state index in [0.29, 0.717) is 6.54 Å². The number of hydrogen-bond donors (Lipinski definition) is 1. The molecule has 0 bridgehead atoms. The van der Waals surface area contributed by atoms with Crippen molar-refractivity contribution in [2.75, 3.05) is 11.9 Å². The molecule has 0 unspecified atom stereocenters. The van der Waals surface area contributed by atoms with Gasteiger partial charge >= 0.3 is 0 Å². The van der Waals surface area contributed by atoms with Gasteiger partial charge in [-0.2, -0.15) is 0 Å². The Morgan fingerprint density at radius 3 is 2.28 bits per heavy atom. The molecule has 0 aliphatic heterocycles. The fourth-order valence-electron chi connectivity index (χ4n) is 1.77. The predicted molar refractivity (Wildman–Crippen MR) is 75.1 cm³/mol. The zero-order chi connectivity index (χ0) is 12.8. The summed E-state index contributed by atoms with van der Waals surface area (Å²) in [6, 6.07) is 17.5. The molecule has 2 nitrogen and oxygen atoms in total. The number of ketones is 1. The Kier molecular flexibility index (Phi) is 4.13. The highest BCUT2D eigenvalue weighted by Gasteiger charge is 2.04. The van der Waals surface area contributed by atoms with Gasteiger partial charge in [-0.1, -0.05) is 49.4 Å². The van der Waals surface area contributed by atoms with Gasteiger partial charge in [-0.05, 0) is 24.1 Å². The maximum absolute atomic E-state index is 11.9. The zero-order valence-corrected chi connectivity index (χ0v) is 10.5. The van der Waals surface area contributed by atoms with Crippen molar-refractivity contribution >= 4 is 11.5 Å². The van der Waals surface area contributed by atoms with E-state index in [4.69, 9.17) is 0 Å². The van der Waals surface area contributed by atoms with Crippen LogP contribution in [0.4, 0.5) is 5.69 Å². The number of hydrogen-bond acceptors (Lipinski definition) is 2. The van der Waals surface area contributed by atoms with Crippen LogP contribution in [0.15, 0.2) is 54.6 Å². The van der Waals surface area contributed by atoms with Crippen molar-refractivity contribution in [3.05, 3.63) is 65.7 Å². The number of Topliss-reactive ketones (excluding diaryl/α,β-unsaturated/α-hetero) is 1. The molecule has 0 aliphatic carbocycles. The summed E-state index contributed by atoms with van der Waals surface area (Å²) in [5, 5.41) is 3.14. The molecule has 0 aliphatic rings. The lowest BCUT2D eigenvalue weighted by Crippen LogP contribution is -2.13. The molecule has 2 heteroatoms. The molecule has 18 heavy (non-hydrogen) atoms. The lowest BCUT2D eigenvalue weighted by Gasteiger charge is -2.06. The number of rotatable bonds is 5. The molecule has 0 fully saturated rings. The molecule has 0 aromatic heterocycles. The first-order valence-corrected chi connectivity index (χ1v) is 6.20. The first kappa shape index (κ1) is 12.4. The minimum atomic E-state index is 0.107. The SMILES string of the molecule is CCc1ccc(NCC(=O)c2ccccc2)cc1. The maximum atomic E-state index is 11.9. The minimum absolute atomic E-state index is 0.107. The molecule has 0 radical (unpaired) electrons. The van der Waals surface area contributed by atoms with Crippen LogP contribution in [0, 0.1) is 0 Å². The Bertz CT molecular complexity index is 502. The van der Waals surface area contributed by atoms with E-state index < -0.39 is 0 Å². The first-order valence-electron chi connectivity index (χ1n) is 6.20. The van der Waals surface area contributed by atoms with E-state index in [2.05, 4.69) is 24.4 Å². The molecular weight excluding hydrogens is 222 g/mol. The second kappa shape index (κ2) is 6.01. The molecule has 0 amide bonds. The normalized spacial score (nSPS) is 10.1. The van der Waals surface area contributed by atoms with Crippen molar-refractivity contribution in [2.45, 2.75) is 13.3 Å². The van der Waals surface area contributed by atoms with Gasteiger partial charge in [0.15, 0.2) is 5.78 Å². The van der Waals surface area contributed by atoms with E-state index in [1.807, 2.05) is 42.5 Å². The van der Waals surface area contributed by atoms with Crippen molar-refractivity contribution in [1.29, 1.82) is 0 Å². The summed E-state index contributed by atoms with van der Waals surface area (Å²) in [4.78, 5) is 11.9. The third kappa shape index (κ3) is 3.20. The summed E-state index contributed by atoms with van der Waals surface area (Å²) in [6.07, 6.45) is 1.03. The highest BCUT2D eigenvalue weighted by molar-refractivity contribution is 5.98. The smallest absolute Gasteiger partial charge is 0.181 e. The fourth-order valence-corrected chi connectivity index (χ4v) is 1.77. The van der Waals surface area contributed by atoms with Gasteiger partial charge in [-0.3, -0.25) is 4.79 Å². The summed E-state index contributed by atoms with van der Waals surface area (Å²) in [6.45, 7) is 2.46. The van der Waals surface area contributed by atoms with Crippen LogP contribution in [0.25, 0.3) is 0 Å². The van der Waals surface area contributed by atoms with E-state index in [1.165, 1.54) is 5.56 Å². The topological polar surface area (TPSA) is 29.1 Å².